The van der Waals surface area contributed by atoms with Crippen LogP contribution in [-0.4, -0.2) is 25.7 Å². The van der Waals surface area contributed by atoms with Crippen LogP contribution < -0.4 is 0 Å². The first kappa shape index (κ1) is 12.3. The van der Waals surface area contributed by atoms with Crippen molar-refractivity contribution in [3.63, 3.8) is 0 Å². The zero-order chi connectivity index (χ0) is 9.61. The number of methoxy groups -OCH3 is 1. The Kier molecular flexibility index (Phi) is 6.02. The zero-order valence-electron chi connectivity index (χ0n) is 9.02. The Morgan fingerprint density at radius 1 is 1.33 bits per heavy atom. The van der Waals surface area contributed by atoms with Crippen LogP contribution in [0.2, 0.25) is 0 Å². The number of hydrogen-bond donors (Lipinski definition) is 0. The minimum Gasteiger partial charge on any atom is -0.384 e. The quantitative estimate of drug-likeness (QED) is 0.659. The van der Waals surface area contributed by atoms with Crippen LogP contribution in [0.4, 0.5) is 0 Å². The van der Waals surface area contributed by atoms with E-state index in [9.17, 15) is 0 Å². The topological polar surface area (TPSA) is 9.23 Å². The summed E-state index contributed by atoms with van der Waals surface area (Å²) in [4.78, 5) is 0. The van der Waals surface area contributed by atoms with Crippen molar-refractivity contribution in [2.75, 3.05) is 25.7 Å². The third-order valence-electron chi connectivity index (χ3n) is 1.71. The predicted molar refractivity (Wildman–Crippen MR) is 57.8 cm³/mol. The van der Waals surface area contributed by atoms with Crippen LogP contribution in [0.25, 0.3) is 0 Å². The fourth-order valence-corrected chi connectivity index (χ4v) is 2.19. The maximum absolute atomic E-state index is 5.19. The Morgan fingerprint density at radius 3 is 2.25 bits per heavy atom. The van der Waals surface area contributed by atoms with Crippen LogP contribution in [0.1, 0.15) is 27.2 Å². The molecule has 0 spiro atoms. The molecule has 0 aliphatic carbocycles. The second kappa shape index (κ2) is 5.87. The first-order valence-corrected chi connectivity index (χ1v) is 5.87. The van der Waals surface area contributed by atoms with Gasteiger partial charge in [0, 0.05) is 13.7 Å². The molecule has 0 saturated heterocycles. The molecule has 1 atom stereocenters. The van der Waals surface area contributed by atoms with Gasteiger partial charge in [-0.3, -0.25) is 0 Å². The van der Waals surface area contributed by atoms with Crippen LogP contribution in [0.3, 0.4) is 0 Å². The molecule has 12 heavy (non-hydrogen) atoms. The van der Waals surface area contributed by atoms with Gasteiger partial charge >= 0.3 is 0 Å². The molecule has 0 radical (unpaired) electrons. The van der Waals surface area contributed by atoms with Gasteiger partial charge in [-0.05, 0) is 29.8 Å². The molecule has 0 heterocycles. The number of thioether (sulfide) groups is 1. The molecule has 2 heteroatoms. The lowest BCUT2D eigenvalue weighted by molar-refractivity contribution is 0.137. The fourth-order valence-electron chi connectivity index (χ4n) is 1.50. The first-order chi connectivity index (χ1) is 5.49. The molecule has 1 nitrogen and oxygen atoms in total. The maximum atomic E-state index is 5.19. The van der Waals surface area contributed by atoms with E-state index in [1.807, 2.05) is 11.8 Å². The van der Waals surface area contributed by atoms with Gasteiger partial charge in [0.1, 0.15) is 0 Å². The summed E-state index contributed by atoms with van der Waals surface area (Å²) in [6.07, 6.45) is 3.41. The smallest absolute Gasteiger partial charge is 0.0498 e. The van der Waals surface area contributed by atoms with Gasteiger partial charge in [0.05, 0.1) is 0 Å². The fraction of sp³-hybridized carbons (Fsp3) is 1.00. The van der Waals surface area contributed by atoms with E-state index >= 15 is 0 Å². The molecule has 0 saturated carbocycles. The normalized spacial score (nSPS) is 14.8. The Hall–Kier alpha value is 0.310. The highest BCUT2D eigenvalue weighted by Gasteiger charge is 2.17. The molecule has 0 aromatic heterocycles. The molecule has 1 unspecified atom stereocenters. The number of rotatable bonds is 5. The van der Waals surface area contributed by atoms with Crippen molar-refractivity contribution in [2.24, 2.45) is 11.3 Å². The highest BCUT2D eigenvalue weighted by Crippen LogP contribution is 2.26. The summed E-state index contributed by atoms with van der Waals surface area (Å²) in [5.41, 5.74) is 0.429. The second-order valence-corrected chi connectivity index (χ2v) is 5.45. The Morgan fingerprint density at radius 2 is 1.92 bits per heavy atom. The monoisotopic (exact) mass is 190 g/mol. The Labute approximate surface area is 81.3 Å². The lowest BCUT2D eigenvalue weighted by Crippen LogP contribution is -2.19. The van der Waals surface area contributed by atoms with Gasteiger partial charge in [0.2, 0.25) is 0 Å². The van der Waals surface area contributed by atoms with E-state index in [1.165, 1.54) is 12.2 Å². The van der Waals surface area contributed by atoms with Gasteiger partial charge in [-0.1, -0.05) is 20.8 Å². The van der Waals surface area contributed by atoms with Crippen molar-refractivity contribution >= 4 is 11.8 Å². The molecule has 0 fully saturated rings. The van der Waals surface area contributed by atoms with E-state index in [4.69, 9.17) is 4.74 Å². The average Bonchev–Trinajstić information content (AvgIpc) is 1.84. The molecule has 0 aromatic rings. The molecule has 0 bridgehead atoms. The van der Waals surface area contributed by atoms with E-state index < -0.39 is 0 Å². The highest BCUT2D eigenvalue weighted by molar-refractivity contribution is 7.98. The summed E-state index contributed by atoms with van der Waals surface area (Å²) in [6, 6.07) is 0. The van der Waals surface area contributed by atoms with E-state index in [0.717, 1.165) is 6.61 Å². The summed E-state index contributed by atoms with van der Waals surface area (Å²) in [5, 5.41) is 0. The predicted octanol–water partition coefficient (Wildman–Crippen LogP) is 3.05. The molecule has 0 amide bonds. The lowest BCUT2D eigenvalue weighted by Gasteiger charge is -2.24. The van der Waals surface area contributed by atoms with Crippen molar-refractivity contribution in [1.29, 1.82) is 0 Å². The molecule has 0 N–H and O–H groups in total. The lowest BCUT2D eigenvalue weighted by atomic mass is 9.86. The van der Waals surface area contributed by atoms with Crippen LogP contribution in [0.5, 0.6) is 0 Å². The van der Waals surface area contributed by atoms with Crippen molar-refractivity contribution in [1.82, 2.24) is 0 Å². The summed E-state index contributed by atoms with van der Waals surface area (Å²) >= 11 is 1.91. The molecular weight excluding hydrogens is 168 g/mol. The molecule has 0 aliphatic rings. The zero-order valence-corrected chi connectivity index (χ0v) is 9.83. The van der Waals surface area contributed by atoms with Crippen molar-refractivity contribution in [3.05, 3.63) is 0 Å². The van der Waals surface area contributed by atoms with Crippen molar-refractivity contribution in [2.45, 2.75) is 27.2 Å². The Balaban J connectivity index is 3.77. The SMILES string of the molecule is COCC(CSC)CC(C)(C)C. The largest absolute Gasteiger partial charge is 0.384 e. The standard InChI is InChI=1S/C10H22OS/c1-10(2,3)6-9(7-11-4)8-12-5/h9H,6-8H2,1-5H3. The van der Waals surface area contributed by atoms with Crippen LogP contribution in [0.15, 0.2) is 0 Å². The summed E-state index contributed by atoms with van der Waals surface area (Å²) in [7, 11) is 1.79. The molecule has 0 rings (SSSR count). The minimum atomic E-state index is 0.429. The van der Waals surface area contributed by atoms with Crippen molar-refractivity contribution < 1.29 is 4.74 Å². The second-order valence-electron chi connectivity index (χ2n) is 4.54. The van der Waals surface area contributed by atoms with Gasteiger partial charge < -0.3 is 4.74 Å². The van der Waals surface area contributed by atoms with E-state index in [1.54, 1.807) is 7.11 Å². The van der Waals surface area contributed by atoms with E-state index in [0.29, 0.717) is 11.3 Å². The third kappa shape index (κ3) is 6.99. The highest BCUT2D eigenvalue weighted by atomic mass is 32.2. The first-order valence-electron chi connectivity index (χ1n) is 4.47. The minimum absolute atomic E-state index is 0.429. The van der Waals surface area contributed by atoms with Gasteiger partial charge in [0.25, 0.3) is 0 Å². The van der Waals surface area contributed by atoms with Gasteiger partial charge in [-0.15, -0.1) is 0 Å². The number of ether oxygens (including phenoxy) is 1. The molecular formula is C10H22OS. The average molecular weight is 190 g/mol. The summed E-state index contributed by atoms with van der Waals surface area (Å²) < 4.78 is 5.19. The van der Waals surface area contributed by atoms with Crippen molar-refractivity contribution in [3.8, 4) is 0 Å². The molecule has 74 valence electrons. The van der Waals surface area contributed by atoms with Crippen LogP contribution >= 0.6 is 11.8 Å². The van der Waals surface area contributed by atoms with E-state index in [-0.39, 0.29) is 0 Å². The summed E-state index contributed by atoms with van der Waals surface area (Å²) in [6.45, 7) is 7.76. The molecule has 0 aromatic carbocycles. The third-order valence-corrected chi connectivity index (χ3v) is 2.51. The van der Waals surface area contributed by atoms with Gasteiger partial charge in [0.15, 0.2) is 0 Å². The maximum Gasteiger partial charge on any atom is 0.0498 e. The van der Waals surface area contributed by atoms with E-state index in [2.05, 4.69) is 27.0 Å². The van der Waals surface area contributed by atoms with Crippen LogP contribution in [-0.2, 0) is 4.74 Å². The Bertz CT molecular complexity index is 101. The van der Waals surface area contributed by atoms with Gasteiger partial charge in [-0.2, -0.15) is 11.8 Å². The van der Waals surface area contributed by atoms with Crippen LogP contribution in [0, 0.1) is 11.3 Å². The van der Waals surface area contributed by atoms with Gasteiger partial charge in [-0.25, -0.2) is 0 Å². The molecule has 0 aliphatic heterocycles. The summed E-state index contributed by atoms with van der Waals surface area (Å²) in [5.74, 6) is 1.93. The number of hydrogen-bond acceptors (Lipinski definition) is 2.